The van der Waals surface area contributed by atoms with Gasteiger partial charge in [-0.25, -0.2) is 0 Å². The summed E-state index contributed by atoms with van der Waals surface area (Å²) >= 11 is 0. The van der Waals surface area contributed by atoms with Crippen LogP contribution in [0.4, 0.5) is 0 Å². The molecule has 0 aromatic carbocycles. The lowest BCUT2D eigenvalue weighted by molar-refractivity contribution is -0.156. The quantitative estimate of drug-likeness (QED) is 0.572. The second kappa shape index (κ2) is 8.18. The van der Waals surface area contributed by atoms with Gasteiger partial charge in [0.25, 0.3) is 0 Å². The Morgan fingerprint density at radius 3 is 2.21 bits per heavy atom. The van der Waals surface area contributed by atoms with E-state index < -0.39 is 17.3 Å². The minimum atomic E-state index is -0.753. The van der Waals surface area contributed by atoms with Gasteiger partial charge in [0.2, 0.25) is 5.91 Å². The summed E-state index contributed by atoms with van der Waals surface area (Å²) in [5.41, 5.74) is -0.444. The van der Waals surface area contributed by atoms with E-state index in [0.29, 0.717) is 6.61 Å². The molecule has 0 aromatic heterocycles. The highest BCUT2D eigenvalue weighted by Gasteiger charge is 2.39. The molecule has 0 aromatic rings. The molecule has 0 saturated carbocycles. The van der Waals surface area contributed by atoms with Crippen LogP contribution >= 0.6 is 0 Å². The van der Waals surface area contributed by atoms with Gasteiger partial charge >= 0.3 is 5.97 Å². The van der Waals surface area contributed by atoms with Crippen LogP contribution < -0.4 is 5.32 Å². The van der Waals surface area contributed by atoms with Crippen molar-refractivity contribution in [2.24, 2.45) is 11.3 Å². The number of hydrogen-bond acceptors (Lipinski definition) is 3. The predicted octanol–water partition coefficient (Wildman–Crippen LogP) is 2.91. The Kier molecular flexibility index (Phi) is 7.72. The summed E-state index contributed by atoms with van der Waals surface area (Å²) in [4.78, 5) is 24.2. The van der Waals surface area contributed by atoms with Crippen molar-refractivity contribution in [3.05, 3.63) is 0 Å². The minimum absolute atomic E-state index is 0.0896. The fourth-order valence-corrected chi connectivity index (χ4v) is 1.99. The van der Waals surface area contributed by atoms with Crippen LogP contribution in [0.15, 0.2) is 0 Å². The standard InChI is InChI=1S/C15H29NO3/c1-7-9-10-11(3)16-13(17)12(15(4,5)6)14(18)19-8-2/h11-12H,7-10H2,1-6H3,(H,16,17). The molecule has 19 heavy (non-hydrogen) atoms. The molecule has 0 aliphatic rings. The van der Waals surface area contributed by atoms with E-state index >= 15 is 0 Å². The van der Waals surface area contributed by atoms with Crippen molar-refractivity contribution in [3.63, 3.8) is 0 Å². The van der Waals surface area contributed by atoms with E-state index in [1.54, 1.807) is 6.92 Å². The number of carbonyl (C=O) groups is 2. The maximum atomic E-state index is 12.3. The molecule has 0 aliphatic heterocycles. The second-order valence-corrected chi connectivity index (χ2v) is 6.10. The van der Waals surface area contributed by atoms with Crippen LogP contribution in [0, 0.1) is 11.3 Å². The summed E-state index contributed by atoms with van der Waals surface area (Å²) in [6.45, 7) is 11.8. The first-order valence-electron chi connectivity index (χ1n) is 7.21. The van der Waals surface area contributed by atoms with Crippen molar-refractivity contribution >= 4 is 11.9 Å². The van der Waals surface area contributed by atoms with Crippen LogP contribution in [-0.2, 0) is 14.3 Å². The number of amides is 1. The summed E-state index contributed by atoms with van der Waals surface area (Å²) in [7, 11) is 0. The van der Waals surface area contributed by atoms with Gasteiger partial charge < -0.3 is 10.1 Å². The summed E-state index contributed by atoms with van der Waals surface area (Å²) < 4.78 is 5.01. The number of esters is 1. The van der Waals surface area contributed by atoms with E-state index in [4.69, 9.17) is 4.74 Å². The van der Waals surface area contributed by atoms with Crippen molar-refractivity contribution < 1.29 is 14.3 Å². The molecule has 0 heterocycles. The molecule has 0 saturated heterocycles. The van der Waals surface area contributed by atoms with Crippen LogP contribution in [-0.4, -0.2) is 24.5 Å². The first-order chi connectivity index (χ1) is 8.73. The molecule has 0 rings (SSSR count). The van der Waals surface area contributed by atoms with Gasteiger partial charge in [0, 0.05) is 6.04 Å². The molecule has 2 atom stereocenters. The number of nitrogens with one attached hydrogen (secondary N) is 1. The van der Waals surface area contributed by atoms with Crippen molar-refractivity contribution in [1.29, 1.82) is 0 Å². The number of hydrogen-bond donors (Lipinski definition) is 1. The third-order valence-electron chi connectivity index (χ3n) is 3.03. The average molecular weight is 271 g/mol. The maximum Gasteiger partial charge on any atom is 0.319 e. The van der Waals surface area contributed by atoms with Crippen molar-refractivity contribution in [3.8, 4) is 0 Å². The first kappa shape index (κ1) is 17.9. The third-order valence-corrected chi connectivity index (χ3v) is 3.03. The average Bonchev–Trinajstić information content (AvgIpc) is 2.24. The lowest BCUT2D eigenvalue weighted by atomic mass is 9.80. The van der Waals surface area contributed by atoms with Crippen LogP contribution in [0.5, 0.6) is 0 Å². The minimum Gasteiger partial charge on any atom is -0.465 e. The van der Waals surface area contributed by atoms with Gasteiger partial charge in [0.15, 0.2) is 0 Å². The van der Waals surface area contributed by atoms with Crippen molar-refractivity contribution in [2.45, 2.75) is 66.8 Å². The SMILES string of the molecule is CCCCC(C)NC(=O)C(C(=O)OCC)C(C)(C)C. The first-order valence-corrected chi connectivity index (χ1v) is 7.21. The van der Waals surface area contributed by atoms with Gasteiger partial charge in [-0.2, -0.15) is 0 Å². The van der Waals surface area contributed by atoms with Crippen LogP contribution in [0.3, 0.4) is 0 Å². The number of ether oxygens (including phenoxy) is 1. The molecule has 0 bridgehead atoms. The molecule has 4 nitrogen and oxygen atoms in total. The van der Waals surface area contributed by atoms with E-state index in [2.05, 4.69) is 12.2 Å². The Hall–Kier alpha value is -1.06. The lowest BCUT2D eigenvalue weighted by Gasteiger charge is -2.28. The Labute approximate surface area is 117 Å². The summed E-state index contributed by atoms with van der Waals surface area (Å²) in [6, 6.07) is 0.0896. The van der Waals surface area contributed by atoms with Gasteiger partial charge in [-0.05, 0) is 25.7 Å². The molecule has 2 unspecified atom stereocenters. The molecule has 1 amide bonds. The van der Waals surface area contributed by atoms with Gasteiger partial charge in [0.1, 0.15) is 5.92 Å². The molecular weight excluding hydrogens is 242 g/mol. The Morgan fingerprint density at radius 2 is 1.79 bits per heavy atom. The second-order valence-electron chi connectivity index (χ2n) is 6.10. The van der Waals surface area contributed by atoms with Crippen molar-refractivity contribution in [2.75, 3.05) is 6.61 Å². The number of carbonyl (C=O) groups excluding carboxylic acids is 2. The highest BCUT2D eigenvalue weighted by atomic mass is 16.5. The van der Waals surface area contributed by atoms with E-state index in [0.717, 1.165) is 19.3 Å². The largest absolute Gasteiger partial charge is 0.465 e. The van der Waals surface area contributed by atoms with E-state index in [9.17, 15) is 9.59 Å². The molecule has 0 spiro atoms. The molecule has 4 heteroatoms. The summed E-state index contributed by atoms with van der Waals surface area (Å²) in [5.74, 6) is -1.42. The van der Waals surface area contributed by atoms with Gasteiger partial charge in [0.05, 0.1) is 6.61 Å². The molecule has 0 radical (unpaired) electrons. The molecule has 112 valence electrons. The fourth-order valence-electron chi connectivity index (χ4n) is 1.99. The summed E-state index contributed by atoms with van der Waals surface area (Å²) in [6.07, 6.45) is 3.10. The van der Waals surface area contributed by atoms with Gasteiger partial charge in [-0.15, -0.1) is 0 Å². The third kappa shape index (κ3) is 6.60. The highest BCUT2D eigenvalue weighted by molar-refractivity contribution is 5.98. The fraction of sp³-hybridized carbons (Fsp3) is 0.867. The number of unbranched alkanes of at least 4 members (excludes halogenated alkanes) is 1. The maximum absolute atomic E-state index is 12.3. The monoisotopic (exact) mass is 271 g/mol. The molecular formula is C15H29NO3. The van der Waals surface area contributed by atoms with Crippen LogP contribution in [0.2, 0.25) is 0 Å². The lowest BCUT2D eigenvalue weighted by Crippen LogP contribution is -2.46. The van der Waals surface area contributed by atoms with Crippen molar-refractivity contribution in [1.82, 2.24) is 5.32 Å². The predicted molar refractivity (Wildman–Crippen MR) is 76.7 cm³/mol. The highest BCUT2D eigenvalue weighted by Crippen LogP contribution is 2.27. The smallest absolute Gasteiger partial charge is 0.319 e. The zero-order valence-electron chi connectivity index (χ0n) is 13.2. The van der Waals surface area contributed by atoms with Gasteiger partial charge in [-0.1, -0.05) is 40.5 Å². The molecule has 1 N–H and O–H groups in total. The number of rotatable bonds is 7. The Bertz CT molecular complexity index is 294. The zero-order chi connectivity index (χ0) is 15.1. The topological polar surface area (TPSA) is 55.4 Å². The normalized spacial score (nSPS) is 14.6. The zero-order valence-corrected chi connectivity index (χ0v) is 13.2. The van der Waals surface area contributed by atoms with E-state index in [1.807, 2.05) is 27.7 Å². The van der Waals surface area contributed by atoms with Crippen LogP contribution in [0.1, 0.15) is 60.8 Å². The molecule has 0 aliphatic carbocycles. The Balaban J connectivity index is 4.69. The Morgan fingerprint density at radius 1 is 1.21 bits per heavy atom. The molecule has 0 fully saturated rings. The summed E-state index contributed by atoms with van der Waals surface area (Å²) in [5, 5.41) is 2.92. The van der Waals surface area contributed by atoms with E-state index in [1.165, 1.54) is 0 Å². The van der Waals surface area contributed by atoms with Crippen LogP contribution in [0.25, 0.3) is 0 Å². The van der Waals surface area contributed by atoms with E-state index in [-0.39, 0.29) is 11.9 Å². The van der Waals surface area contributed by atoms with Gasteiger partial charge in [-0.3, -0.25) is 9.59 Å².